The molecule has 0 atom stereocenters. The minimum absolute atomic E-state index is 0.0794. The van der Waals surface area contributed by atoms with Crippen molar-refractivity contribution in [2.24, 2.45) is 0 Å². The quantitative estimate of drug-likeness (QED) is 0.569. The number of benzene rings is 3. The van der Waals surface area contributed by atoms with Crippen molar-refractivity contribution in [3.8, 4) is 12.3 Å². The molecule has 0 saturated carbocycles. The topological polar surface area (TPSA) is 46.2 Å². The molecule has 132 valence electrons. The monoisotopic (exact) mass is 361 g/mol. The van der Waals surface area contributed by atoms with Gasteiger partial charge in [-0.05, 0) is 27.5 Å². The summed E-state index contributed by atoms with van der Waals surface area (Å²) in [7, 11) is 0. The molecular weight excluding hydrogens is 346 g/mol. The van der Waals surface area contributed by atoms with Crippen molar-refractivity contribution in [2.75, 3.05) is 6.54 Å². The van der Waals surface area contributed by atoms with Crippen LogP contribution in [0.4, 0.5) is 0 Å². The molecule has 2 aliphatic rings. The molecule has 0 heterocycles. The molecular formula is C25H15NO2. The molecule has 0 aromatic heterocycles. The summed E-state index contributed by atoms with van der Waals surface area (Å²) in [4.78, 5) is 26.3. The number of hydrogen-bond donors (Lipinski definition) is 1. The van der Waals surface area contributed by atoms with Crippen LogP contribution in [0.15, 0.2) is 72.3 Å². The Morgan fingerprint density at radius 3 is 2.21 bits per heavy atom. The zero-order valence-corrected chi connectivity index (χ0v) is 15.0. The first-order valence-corrected chi connectivity index (χ1v) is 9.05. The normalized spacial score (nSPS) is 14.5. The highest BCUT2D eigenvalue weighted by Crippen LogP contribution is 2.54. The minimum Gasteiger partial charge on any atom is -0.341 e. The predicted molar refractivity (Wildman–Crippen MR) is 111 cm³/mol. The molecule has 0 radical (unpaired) electrons. The number of rotatable bonds is 3. The van der Waals surface area contributed by atoms with Crippen molar-refractivity contribution in [3.63, 3.8) is 0 Å². The van der Waals surface area contributed by atoms with Crippen LogP contribution in [0.5, 0.6) is 0 Å². The number of hydrogen-bond acceptors (Lipinski definition) is 2. The lowest BCUT2D eigenvalue weighted by Crippen LogP contribution is -2.28. The van der Waals surface area contributed by atoms with E-state index in [2.05, 4.69) is 11.2 Å². The minimum atomic E-state index is -0.425. The lowest BCUT2D eigenvalue weighted by atomic mass is 9.95. The molecule has 3 aromatic carbocycles. The number of allylic oxidation sites excluding steroid dienone is 3. The lowest BCUT2D eigenvalue weighted by Gasteiger charge is -2.08. The van der Waals surface area contributed by atoms with Crippen molar-refractivity contribution in [1.82, 2.24) is 5.32 Å². The third kappa shape index (κ3) is 2.12. The molecule has 1 amide bonds. The molecule has 28 heavy (non-hydrogen) atoms. The van der Waals surface area contributed by atoms with Gasteiger partial charge in [0.2, 0.25) is 0 Å². The van der Waals surface area contributed by atoms with Crippen molar-refractivity contribution >= 4 is 39.2 Å². The highest BCUT2D eigenvalue weighted by molar-refractivity contribution is 6.56. The third-order valence-electron chi connectivity index (χ3n) is 5.29. The first-order valence-electron chi connectivity index (χ1n) is 9.05. The largest absolute Gasteiger partial charge is 0.341 e. The van der Waals surface area contributed by atoms with Crippen molar-refractivity contribution in [1.29, 1.82) is 0 Å². The van der Waals surface area contributed by atoms with E-state index in [4.69, 9.17) is 6.42 Å². The number of carbonyl (C=O) groups is 2. The van der Waals surface area contributed by atoms with Gasteiger partial charge in [-0.2, -0.15) is 0 Å². The molecule has 0 spiro atoms. The summed E-state index contributed by atoms with van der Waals surface area (Å²) in [5.41, 5.74) is 5.03. The molecule has 1 N–H and O–H groups in total. The van der Waals surface area contributed by atoms with Gasteiger partial charge in [0, 0.05) is 16.7 Å². The van der Waals surface area contributed by atoms with Gasteiger partial charge in [-0.3, -0.25) is 9.59 Å². The van der Waals surface area contributed by atoms with Gasteiger partial charge in [0.25, 0.3) is 5.91 Å². The summed E-state index contributed by atoms with van der Waals surface area (Å²) < 4.78 is 0. The molecule has 0 fully saturated rings. The number of carbonyl (C=O) groups excluding carboxylic acids is 2. The molecule has 5 rings (SSSR count). The molecule has 3 aromatic rings. The Morgan fingerprint density at radius 1 is 0.857 bits per heavy atom. The van der Waals surface area contributed by atoms with E-state index in [1.807, 2.05) is 66.7 Å². The van der Waals surface area contributed by atoms with E-state index in [0.717, 1.165) is 33.0 Å². The smallest absolute Gasteiger partial charge is 0.256 e. The number of Topliss-reactive ketones (excluding diaryl/α,β-unsaturated/α-hetero) is 1. The average molecular weight is 361 g/mol. The number of amides is 1. The zero-order chi connectivity index (χ0) is 19.3. The summed E-state index contributed by atoms with van der Waals surface area (Å²) in [5.74, 6) is 1.72. The summed E-state index contributed by atoms with van der Waals surface area (Å²) in [6.07, 6.45) is 5.29. The maximum absolute atomic E-state index is 13.4. The van der Waals surface area contributed by atoms with E-state index >= 15 is 0 Å². The van der Waals surface area contributed by atoms with Crippen molar-refractivity contribution in [3.05, 3.63) is 89.0 Å². The Kier molecular flexibility index (Phi) is 3.53. The van der Waals surface area contributed by atoms with Crippen LogP contribution in [-0.4, -0.2) is 18.2 Å². The zero-order valence-electron chi connectivity index (χ0n) is 15.0. The van der Waals surface area contributed by atoms with Crippen LogP contribution in [0.3, 0.4) is 0 Å². The number of ketones is 1. The van der Waals surface area contributed by atoms with Crippen LogP contribution in [-0.2, 0) is 9.59 Å². The highest BCUT2D eigenvalue weighted by atomic mass is 16.2. The van der Waals surface area contributed by atoms with Gasteiger partial charge < -0.3 is 5.32 Å². The fourth-order valence-corrected chi connectivity index (χ4v) is 4.21. The van der Waals surface area contributed by atoms with Gasteiger partial charge >= 0.3 is 0 Å². The molecule has 0 saturated heterocycles. The van der Waals surface area contributed by atoms with Crippen LogP contribution in [0.1, 0.15) is 16.7 Å². The summed E-state index contributed by atoms with van der Waals surface area (Å²) in [6.45, 7) is 0.0794. The van der Waals surface area contributed by atoms with Gasteiger partial charge in [-0.15, -0.1) is 6.42 Å². The molecule has 2 aliphatic carbocycles. The van der Waals surface area contributed by atoms with E-state index in [9.17, 15) is 9.59 Å². The second kappa shape index (κ2) is 6.07. The SMILES string of the molecule is C#CCNC(=O)C1=C2C(=C(c3ccccc3)C1=O)c1cccc3cccc2c13. The summed E-state index contributed by atoms with van der Waals surface area (Å²) in [6, 6.07) is 21.6. The predicted octanol–water partition coefficient (Wildman–Crippen LogP) is 3.85. The molecule has 0 unspecified atom stereocenters. The van der Waals surface area contributed by atoms with Crippen LogP contribution in [0.2, 0.25) is 0 Å². The van der Waals surface area contributed by atoms with Gasteiger partial charge in [0.05, 0.1) is 12.1 Å². The van der Waals surface area contributed by atoms with Gasteiger partial charge in [0.1, 0.15) is 0 Å². The van der Waals surface area contributed by atoms with Crippen LogP contribution in [0.25, 0.3) is 27.5 Å². The van der Waals surface area contributed by atoms with Crippen molar-refractivity contribution in [2.45, 2.75) is 0 Å². The van der Waals surface area contributed by atoms with E-state index in [1.54, 1.807) is 0 Å². The standard InChI is InChI=1S/C25H15NO2/c1-2-14-26-25(28)23-22-18-13-7-11-15-10-6-12-17(19(15)18)21(22)20(24(23)27)16-8-4-3-5-9-16/h1,3-13H,14H2,(H,26,28). The Bertz CT molecular complexity index is 1280. The van der Waals surface area contributed by atoms with Gasteiger partial charge in [0.15, 0.2) is 5.78 Å². The summed E-state index contributed by atoms with van der Waals surface area (Å²) >= 11 is 0. The molecule has 3 nitrogen and oxygen atoms in total. The van der Waals surface area contributed by atoms with Gasteiger partial charge in [-0.25, -0.2) is 0 Å². The first kappa shape index (κ1) is 16.3. The van der Waals surface area contributed by atoms with E-state index in [-0.39, 0.29) is 17.9 Å². The van der Waals surface area contributed by atoms with Gasteiger partial charge in [-0.1, -0.05) is 72.7 Å². The Morgan fingerprint density at radius 2 is 1.54 bits per heavy atom. The molecule has 3 heteroatoms. The number of nitrogens with one attached hydrogen (secondary N) is 1. The fraction of sp³-hybridized carbons (Fsp3) is 0.0400. The van der Waals surface area contributed by atoms with Crippen molar-refractivity contribution < 1.29 is 9.59 Å². The fourth-order valence-electron chi connectivity index (χ4n) is 4.21. The third-order valence-corrected chi connectivity index (χ3v) is 5.29. The first-order chi connectivity index (χ1) is 13.7. The average Bonchev–Trinajstić information content (AvgIpc) is 3.20. The van der Waals surface area contributed by atoms with Crippen LogP contribution in [0, 0.1) is 12.3 Å². The molecule has 0 bridgehead atoms. The van der Waals surface area contributed by atoms with Crippen LogP contribution >= 0.6 is 0 Å². The lowest BCUT2D eigenvalue weighted by molar-refractivity contribution is -0.120. The second-order valence-electron chi connectivity index (χ2n) is 6.79. The van der Waals surface area contributed by atoms with Crippen LogP contribution < -0.4 is 5.32 Å². The molecule has 0 aliphatic heterocycles. The summed E-state index contributed by atoms with van der Waals surface area (Å²) in [5, 5.41) is 4.84. The maximum Gasteiger partial charge on any atom is 0.256 e. The Labute approximate surface area is 162 Å². The Hall–Kier alpha value is -3.90. The number of terminal acetylenes is 1. The number of fused-ring (bicyclic) bond motifs is 3. The maximum atomic E-state index is 13.4. The van der Waals surface area contributed by atoms with E-state index < -0.39 is 5.91 Å². The second-order valence-corrected chi connectivity index (χ2v) is 6.79. The van der Waals surface area contributed by atoms with E-state index in [0.29, 0.717) is 11.1 Å². The Balaban J connectivity index is 1.85. The highest BCUT2D eigenvalue weighted by Gasteiger charge is 2.41. The van der Waals surface area contributed by atoms with E-state index in [1.165, 1.54) is 0 Å².